The molecule has 0 spiro atoms. The van der Waals surface area contributed by atoms with Gasteiger partial charge in [0.05, 0.1) is 23.7 Å². The third kappa shape index (κ3) is 4.72. The Balaban J connectivity index is 1.41. The number of aromatic nitrogens is 6. The van der Waals surface area contributed by atoms with Crippen molar-refractivity contribution in [2.45, 2.75) is 25.5 Å². The van der Waals surface area contributed by atoms with Gasteiger partial charge in [0, 0.05) is 10.9 Å². The molecule has 8 nitrogen and oxygen atoms in total. The van der Waals surface area contributed by atoms with Gasteiger partial charge in [-0.15, -0.1) is 16.4 Å². The molecule has 0 radical (unpaired) electrons. The Morgan fingerprint density at radius 2 is 2.03 bits per heavy atom. The molecule has 0 bridgehead atoms. The van der Waals surface area contributed by atoms with Gasteiger partial charge >= 0.3 is 0 Å². The maximum atomic E-state index is 12.5. The highest BCUT2D eigenvalue weighted by molar-refractivity contribution is 7.99. The molecule has 148 valence electrons. The molecule has 0 aliphatic carbocycles. The number of thiophene rings is 1. The summed E-state index contributed by atoms with van der Waals surface area (Å²) in [6, 6.07) is 13.9. The van der Waals surface area contributed by atoms with E-state index in [1.54, 1.807) is 20.7 Å². The van der Waals surface area contributed by atoms with Crippen LogP contribution in [0.25, 0.3) is 5.69 Å². The van der Waals surface area contributed by atoms with Crippen LogP contribution in [-0.4, -0.2) is 41.6 Å². The number of carbonyl (C=O) groups excluding carboxylic acids is 1. The maximum absolute atomic E-state index is 12.5. The molecule has 0 aliphatic rings. The second-order valence-electron chi connectivity index (χ2n) is 6.45. The second kappa shape index (κ2) is 8.58. The summed E-state index contributed by atoms with van der Waals surface area (Å²) in [6.07, 6.45) is 0. The van der Waals surface area contributed by atoms with E-state index < -0.39 is 0 Å². The van der Waals surface area contributed by atoms with Crippen molar-refractivity contribution in [3.63, 3.8) is 0 Å². The Hall–Kier alpha value is -2.98. The number of hydrogen-bond acceptors (Lipinski definition) is 7. The quantitative estimate of drug-likeness (QED) is 0.457. The fraction of sp³-hybridized carbons (Fsp3) is 0.211. The van der Waals surface area contributed by atoms with Gasteiger partial charge in [-0.25, -0.2) is 9.36 Å². The molecule has 29 heavy (non-hydrogen) atoms. The zero-order chi connectivity index (χ0) is 20.2. The summed E-state index contributed by atoms with van der Waals surface area (Å²) in [5, 5.41) is 21.8. The van der Waals surface area contributed by atoms with Crippen LogP contribution in [-0.2, 0) is 11.3 Å². The summed E-state index contributed by atoms with van der Waals surface area (Å²) in [5.41, 5.74) is 2.89. The Kier molecular flexibility index (Phi) is 5.72. The van der Waals surface area contributed by atoms with E-state index in [1.807, 2.05) is 61.7 Å². The number of thioether (sulfide) groups is 1. The fourth-order valence-corrected chi connectivity index (χ4v) is 4.09. The molecule has 4 rings (SSSR count). The number of nitrogens with zero attached hydrogens (tertiary/aromatic N) is 6. The number of tetrazole rings is 1. The summed E-state index contributed by atoms with van der Waals surface area (Å²) in [6.45, 7) is 4.52. The molecule has 1 aromatic carbocycles. The maximum Gasteiger partial charge on any atom is 0.236 e. The van der Waals surface area contributed by atoms with Crippen molar-refractivity contribution in [2.24, 2.45) is 0 Å². The van der Waals surface area contributed by atoms with E-state index in [1.165, 1.54) is 17.3 Å². The minimum Gasteiger partial charge on any atom is -0.310 e. The normalized spacial score (nSPS) is 11.0. The molecule has 1 N–H and O–H groups in total. The van der Waals surface area contributed by atoms with Crippen LogP contribution < -0.4 is 5.32 Å². The van der Waals surface area contributed by atoms with Crippen LogP contribution in [0.2, 0.25) is 0 Å². The Morgan fingerprint density at radius 3 is 2.79 bits per heavy atom. The number of rotatable bonds is 7. The van der Waals surface area contributed by atoms with Gasteiger partial charge in [-0.3, -0.25) is 4.79 Å². The largest absolute Gasteiger partial charge is 0.310 e. The number of hydrogen-bond donors (Lipinski definition) is 1. The number of anilines is 1. The van der Waals surface area contributed by atoms with Gasteiger partial charge in [0.2, 0.25) is 11.1 Å². The summed E-state index contributed by atoms with van der Waals surface area (Å²) >= 11 is 2.95. The van der Waals surface area contributed by atoms with Crippen LogP contribution in [0, 0.1) is 13.8 Å². The van der Waals surface area contributed by atoms with Crippen molar-refractivity contribution in [1.82, 2.24) is 30.0 Å². The van der Waals surface area contributed by atoms with Gasteiger partial charge in [0.15, 0.2) is 0 Å². The highest BCUT2D eigenvalue weighted by Crippen LogP contribution is 2.20. The van der Waals surface area contributed by atoms with Crippen LogP contribution in [0.3, 0.4) is 0 Å². The van der Waals surface area contributed by atoms with E-state index in [9.17, 15) is 4.79 Å². The second-order valence-corrected chi connectivity index (χ2v) is 8.43. The first-order valence-electron chi connectivity index (χ1n) is 8.93. The topological polar surface area (TPSA) is 90.5 Å². The molecule has 0 atom stereocenters. The van der Waals surface area contributed by atoms with Crippen LogP contribution >= 0.6 is 23.1 Å². The summed E-state index contributed by atoms with van der Waals surface area (Å²) in [5.74, 6) is 0.687. The standard InChI is InChI=1S/C19H19N7OS2/c1-13-5-7-15(8-6-13)26-17(10-14(2)22-26)20-18(27)12-29-19-21-23-24-25(19)11-16-4-3-9-28-16/h3-10H,11-12H2,1-2H3,(H,20,27). The molecule has 0 unspecified atom stereocenters. The highest BCUT2D eigenvalue weighted by Gasteiger charge is 2.14. The Labute approximate surface area is 175 Å². The average molecular weight is 426 g/mol. The lowest BCUT2D eigenvalue weighted by Gasteiger charge is -2.09. The zero-order valence-electron chi connectivity index (χ0n) is 15.9. The third-order valence-electron chi connectivity index (χ3n) is 4.09. The van der Waals surface area contributed by atoms with Crippen molar-refractivity contribution in [2.75, 3.05) is 11.1 Å². The first-order chi connectivity index (χ1) is 14.1. The van der Waals surface area contributed by atoms with Crippen LogP contribution in [0.1, 0.15) is 16.1 Å². The van der Waals surface area contributed by atoms with E-state index in [-0.39, 0.29) is 11.7 Å². The van der Waals surface area contributed by atoms with Gasteiger partial charge in [-0.2, -0.15) is 5.10 Å². The van der Waals surface area contributed by atoms with E-state index in [2.05, 4.69) is 25.9 Å². The Bertz CT molecular complexity index is 1100. The average Bonchev–Trinajstić information content (AvgIpc) is 3.44. The van der Waals surface area contributed by atoms with Gasteiger partial charge in [-0.05, 0) is 47.9 Å². The molecule has 0 fully saturated rings. The zero-order valence-corrected chi connectivity index (χ0v) is 17.6. The number of benzene rings is 1. The lowest BCUT2D eigenvalue weighted by Crippen LogP contribution is -2.17. The monoisotopic (exact) mass is 425 g/mol. The van der Waals surface area contributed by atoms with E-state index >= 15 is 0 Å². The number of nitrogens with one attached hydrogen (secondary N) is 1. The van der Waals surface area contributed by atoms with Gasteiger partial charge in [0.25, 0.3) is 0 Å². The summed E-state index contributed by atoms with van der Waals surface area (Å²) < 4.78 is 3.43. The van der Waals surface area contributed by atoms with Gasteiger partial charge in [-0.1, -0.05) is 35.5 Å². The number of aryl methyl sites for hydroxylation is 2. The van der Waals surface area contributed by atoms with Crippen LogP contribution in [0.5, 0.6) is 0 Å². The minimum atomic E-state index is -0.145. The molecule has 1 amide bonds. The summed E-state index contributed by atoms with van der Waals surface area (Å²) in [7, 11) is 0. The molecule has 4 aromatic rings. The molecule has 0 aliphatic heterocycles. The van der Waals surface area contributed by atoms with E-state index in [0.29, 0.717) is 17.5 Å². The molecule has 10 heteroatoms. The van der Waals surface area contributed by atoms with Crippen LogP contribution in [0.15, 0.2) is 53.0 Å². The lowest BCUT2D eigenvalue weighted by atomic mass is 10.2. The molecule has 0 saturated carbocycles. The summed E-state index contributed by atoms with van der Waals surface area (Å²) in [4.78, 5) is 13.7. The molecule has 3 aromatic heterocycles. The van der Waals surface area contributed by atoms with Gasteiger partial charge < -0.3 is 5.32 Å². The van der Waals surface area contributed by atoms with Crippen molar-refractivity contribution < 1.29 is 4.79 Å². The van der Waals surface area contributed by atoms with Crippen molar-refractivity contribution in [3.8, 4) is 5.69 Å². The van der Waals surface area contributed by atoms with Crippen molar-refractivity contribution in [3.05, 3.63) is 64.0 Å². The van der Waals surface area contributed by atoms with Gasteiger partial charge in [0.1, 0.15) is 5.82 Å². The smallest absolute Gasteiger partial charge is 0.236 e. The number of carbonyl (C=O) groups is 1. The molecule has 3 heterocycles. The third-order valence-corrected chi connectivity index (χ3v) is 5.91. The molecule has 0 saturated heterocycles. The van der Waals surface area contributed by atoms with Crippen molar-refractivity contribution >= 4 is 34.8 Å². The first-order valence-corrected chi connectivity index (χ1v) is 10.8. The highest BCUT2D eigenvalue weighted by atomic mass is 32.2. The molecular formula is C19H19N7OS2. The SMILES string of the molecule is Cc1ccc(-n2nc(C)cc2NC(=O)CSc2nnnn2Cc2cccs2)cc1. The minimum absolute atomic E-state index is 0.145. The van der Waals surface area contributed by atoms with E-state index in [4.69, 9.17) is 0 Å². The fourth-order valence-electron chi connectivity index (χ4n) is 2.73. The Morgan fingerprint density at radius 1 is 1.21 bits per heavy atom. The number of amides is 1. The van der Waals surface area contributed by atoms with Crippen LogP contribution in [0.4, 0.5) is 5.82 Å². The molecular weight excluding hydrogens is 406 g/mol. The van der Waals surface area contributed by atoms with E-state index in [0.717, 1.165) is 16.3 Å². The lowest BCUT2D eigenvalue weighted by molar-refractivity contribution is -0.113. The predicted molar refractivity (Wildman–Crippen MR) is 114 cm³/mol. The first kappa shape index (κ1) is 19.3. The van der Waals surface area contributed by atoms with Crippen molar-refractivity contribution in [1.29, 1.82) is 0 Å². The predicted octanol–water partition coefficient (Wildman–Crippen LogP) is 3.32.